The van der Waals surface area contributed by atoms with Crippen LogP contribution in [-0.2, 0) is 0 Å². The largest absolute Gasteiger partial charge is 0.478 e. The smallest absolute Gasteiger partial charge is 0.336 e. The van der Waals surface area contributed by atoms with E-state index >= 15 is 0 Å². The van der Waals surface area contributed by atoms with Crippen molar-refractivity contribution in [3.05, 3.63) is 70.7 Å². The number of imidazole rings is 1. The van der Waals surface area contributed by atoms with Crippen LogP contribution in [0.5, 0.6) is 11.8 Å². The Labute approximate surface area is 190 Å². The van der Waals surface area contributed by atoms with Crippen LogP contribution in [0.1, 0.15) is 28.8 Å². The Hall–Kier alpha value is -3.51. The van der Waals surface area contributed by atoms with Crippen LogP contribution in [0.4, 0.5) is 5.69 Å². The van der Waals surface area contributed by atoms with Gasteiger partial charge in [0.2, 0.25) is 0 Å². The number of carboxylic acids is 1. The maximum atomic E-state index is 11.4. The highest BCUT2D eigenvalue weighted by atomic mass is 35.5. The molecule has 1 aromatic heterocycles. The number of aromatic amines is 1. The molecule has 2 N–H and O–H groups in total. The molecule has 0 unspecified atom stereocenters. The van der Waals surface area contributed by atoms with Crippen LogP contribution >= 0.6 is 11.6 Å². The molecule has 6 nitrogen and oxygen atoms in total. The van der Waals surface area contributed by atoms with Crippen LogP contribution in [-0.4, -0.2) is 34.1 Å². The lowest BCUT2D eigenvalue weighted by Crippen LogP contribution is -2.17. The summed E-state index contributed by atoms with van der Waals surface area (Å²) in [6.45, 7) is 3.96. The SMILES string of the molecule is Cc1ccc(Oc2nc3cc(-c4ccc(N5CCCC5)cc4)c(Cl)cc3[nH]2)cc1C(=O)O. The second-order valence-corrected chi connectivity index (χ2v) is 8.42. The third-order valence-corrected chi connectivity index (χ3v) is 6.17. The normalized spacial score (nSPS) is 13.6. The molecule has 5 rings (SSSR count). The third-order valence-electron chi connectivity index (χ3n) is 5.85. The zero-order valence-electron chi connectivity index (χ0n) is 17.6. The molecule has 162 valence electrons. The van der Waals surface area contributed by atoms with Crippen LogP contribution < -0.4 is 9.64 Å². The van der Waals surface area contributed by atoms with Gasteiger partial charge in [-0.3, -0.25) is 0 Å². The predicted octanol–water partition coefficient (Wildman–Crippen LogP) is 6.28. The van der Waals surface area contributed by atoms with Gasteiger partial charge in [0.05, 0.1) is 21.6 Å². The summed E-state index contributed by atoms with van der Waals surface area (Å²) in [5.41, 5.74) is 5.48. The molecule has 0 bridgehead atoms. The van der Waals surface area contributed by atoms with Gasteiger partial charge in [0.15, 0.2) is 0 Å². The predicted molar refractivity (Wildman–Crippen MR) is 126 cm³/mol. The quantitative estimate of drug-likeness (QED) is 0.376. The molecule has 0 aliphatic carbocycles. The topological polar surface area (TPSA) is 78.5 Å². The van der Waals surface area contributed by atoms with E-state index in [9.17, 15) is 9.90 Å². The highest BCUT2D eigenvalue weighted by molar-refractivity contribution is 6.34. The minimum atomic E-state index is -0.996. The molecule has 3 aromatic carbocycles. The molecular weight excluding hydrogens is 426 g/mol. The molecule has 0 atom stereocenters. The molecule has 32 heavy (non-hydrogen) atoms. The number of benzene rings is 3. The number of hydrogen-bond acceptors (Lipinski definition) is 4. The summed E-state index contributed by atoms with van der Waals surface area (Å²) in [6.07, 6.45) is 2.49. The van der Waals surface area contributed by atoms with Gasteiger partial charge in [0, 0.05) is 24.3 Å². The van der Waals surface area contributed by atoms with Crippen molar-refractivity contribution in [1.82, 2.24) is 9.97 Å². The second kappa shape index (κ2) is 8.20. The van der Waals surface area contributed by atoms with Crippen LogP contribution in [0.15, 0.2) is 54.6 Å². The first kappa shape index (κ1) is 20.4. The van der Waals surface area contributed by atoms with Gasteiger partial charge >= 0.3 is 5.97 Å². The Morgan fingerprint density at radius 2 is 1.84 bits per heavy atom. The van der Waals surface area contributed by atoms with Crippen molar-refractivity contribution in [1.29, 1.82) is 0 Å². The van der Waals surface area contributed by atoms with Crippen LogP contribution in [0, 0.1) is 6.92 Å². The first-order chi connectivity index (χ1) is 15.5. The highest BCUT2D eigenvalue weighted by Gasteiger charge is 2.15. The number of ether oxygens (including phenoxy) is 1. The lowest BCUT2D eigenvalue weighted by Gasteiger charge is -2.17. The fraction of sp³-hybridized carbons (Fsp3) is 0.200. The number of fused-ring (bicyclic) bond motifs is 1. The Balaban J connectivity index is 1.43. The van der Waals surface area contributed by atoms with E-state index in [4.69, 9.17) is 16.3 Å². The van der Waals surface area contributed by atoms with Crippen molar-refractivity contribution in [3.8, 4) is 22.9 Å². The number of hydrogen-bond donors (Lipinski definition) is 2. The van der Waals surface area contributed by atoms with E-state index in [1.165, 1.54) is 24.6 Å². The lowest BCUT2D eigenvalue weighted by molar-refractivity contribution is 0.0695. The molecule has 1 saturated heterocycles. The number of nitrogens with zero attached hydrogens (tertiary/aromatic N) is 2. The minimum absolute atomic E-state index is 0.196. The van der Waals surface area contributed by atoms with Gasteiger partial charge in [0.25, 0.3) is 6.01 Å². The Kier molecular flexibility index (Phi) is 5.23. The number of halogens is 1. The standard InChI is InChI=1S/C25H22ClN3O3/c1-15-4-9-18(12-19(15)24(30)31)32-25-27-22-13-20(21(26)14-23(22)28-25)16-5-7-17(8-6-16)29-10-2-3-11-29/h4-9,12-14H,2-3,10-11H2,1H3,(H,27,28)(H,30,31). The van der Waals surface area contributed by atoms with Gasteiger partial charge in [-0.05, 0) is 67.3 Å². The average Bonchev–Trinajstić information content (AvgIpc) is 3.44. The van der Waals surface area contributed by atoms with E-state index in [1.807, 2.05) is 12.1 Å². The van der Waals surface area contributed by atoms with E-state index in [0.29, 0.717) is 21.9 Å². The number of H-pyrrole nitrogens is 1. The molecule has 2 heterocycles. The molecular formula is C25H22ClN3O3. The zero-order chi connectivity index (χ0) is 22.2. The first-order valence-corrected chi connectivity index (χ1v) is 10.9. The van der Waals surface area contributed by atoms with Gasteiger partial charge in [0.1, 0.15) is 5.75 Å². The number of aromatic nitrogens is 2. The molecule has 1 aliphatic rings. The van der Waals surface area contributed by atoms with Crippen molar-refractivity contribution in [2.24, 2.45) is 0 Å². The van der Waals surface area contributed by atoms with Gasteiger partial charge in [-0.1, -0.05) is 29.8 Å². The number of anilines is 1. The molecule has 0 saturated carbocycles. The van der Waals surface area contributed by atoms with Gasteiger partial charge < -0.3 is 19.7 Å². The summed E-state index contributed by atoms with van der Waals surface area (Å²) in [4.78, 5) is 21.4. The molecule has 0 radical (unpaired) electrons. The van der Waals surface area contributed by atoms with Gasteiger partial charge in [-0.15, -0.1) is 0 Å². The summed E-state index contributed by atoms with van der Waals surface area (Å²) in [5, 5.41) is 9.94. The summed E-state index contributed by atoms with van der Waals surface area (Å²) in [5.74, 6) is -0.597. The van der Waals surface area contributed by atoms with Crippen molar-refractivity contribution in [2.45, 2.75) is 19.8 Å². The third kappa shape index (κ3) is 3.89. The van der Waals surface area contributed by atoms with Gasteiger partial charge in [-0.25, -0.2) is 4.79 Å². The fourth-order valence-corrected chi connectivity index (χ4v) is 4.38. The lowest BCUT2D eigenvalue weighted by atomic mass is 10.0. The number of rotatable bonds is 5. The maximum absolute atomic E-state index is 11.4. The van der Waals surface area contributed by atoms with Crippen molar-refractivity contribution >= 4 is 34.3 Å². The Morgan fingerprint density at radius 1 is 1.09 bits per heavy atom. The highest BCUT2D eigenvalue weighted by Crippen LogP contribution is 2.34. The average molecular weight is 448 g/mol. The zero-order valence-corrected chi connectivity index (χ0v) is 18.3. The second-order valence-electron chi connectivity index (χ2n) is 8.02. The number of nitrogens with one attached hydrogen (secondary N) is 1. The minimum Gasteiger partial charge on any atom is -0.478 e. The molecule has 1 fully saturated rings. The summed E-state index contributed by atoms with van der Waals surface area (Å²) < 4.78 is 5.79. The molecule has 0 spiro atoms. The maximum Gasteiger partial charge on any atom is 0.336 e. The molecule has 0 amide bonds. The Morgan fingerprint density at radius 3 is 2.56 bits per heavy atom. The van der Waals surface area contributed by atoms with E-state index in [-0.39, 0.29) is 11.6 Å². The molecule has 1 aliphatic heterocycles. The summed E-state index contributed by atoms with van der Waals surface area (Å²) in [7, 11) is 0. The summed E-state index contributed by atoms with van der Waals surface area (Å²) in [6, 6.07) is 17.4. The number of aryl methyl sites for hydroxylation is 1. The monoisotopic (exact) mass is 447 g/mol. The van der Waals surface area contributed by atoms with Crippen LogP contribution in [0.2, 0.25) is 5.02 Å². The number of aromatic carboxylic acids is 1. The van der Waals surface area contributed by atoms with Crippen molar-refractivity contribution in [3.63, 3.8) is 0 Å². The molecule has 7 heteroatoms. The molecule has 4 aromatic rings. The fourth-order valence-electron chi connectivity index (χ4n) is 4.11. The van der Waals surface area contributed by atoms with E-state index < -0.39 is 5.97 Å². The Bertz CT molecular complexity index is 1310. The van der Waals surface area contributed by atoms with E-state index in [2.05, 4.69) is 39.1 Å². The van der Waals surface area contributed by atoms with Crippen molar-refractivity contribution < 1.29 is 14.6 Å². The number of carboxylic acid groups (broad SMARTS) is 1. The van der Waals surface area contributed by atoms with Crippen molar-refractivity contribution in [2.75, 3.05) is 18.0 Å². The van der Waals surface area contributed by atoms with E-state index in [0.717, 1.165) is 29.7 Å². The number of carbonyl (C=O) groups is 1. The first-order valence-electron chi connectivity index (χ1n) is 10.5. The van der Waals surface area contributed by atoms with E-state index in [1.54, 1.807) is 19.1 Å². The summed E-state index contributed by atoms with van der Waals surface area (Å²) >= 11 is 6.58. The van der Waals surface area contributed by atoms with Crippen LogP contribution in [0.25, 0.3) is 22.2 Å². The van der Waals surface area contributed by atoms with Gasteiger partial charge in [-0.2, -0.15) is 4.98 Å². The van der Waals surface area contributed by atoms with Crippen LogP contribution in [0.3, 0.4) is 0 Å².